The van der Waals surface area contributed by atoms with E-state index in [9.17, 15) is 0 Å². The predicted molar refractivity (Wildman–Crippen MR) is 114 cm³/mol. The maximum absolute atomic E-state index is 5.74. The number of rotatable bonds is 4. The highest BCUT2D eigenvalue weighted by molar-refractivity contribution is 7.80. The average Bonchev–Trinajstić information content (AvgIpc) is 3.34. The Balaban J connectivity index is 1.80. The van der Waals surface area contributed by atoms with Crippen LogP contribution in [-0.4, -0.2) is 25.6 Å². The molecule has 2 atom stereocenters. The molecule has 0 bridgehead atoms. The second-order valence-electron chi connectivity index (χ2n) is 8.26. The van der Waals surface area contributed by atoms with Gasteiger partial charge in [0.1, 0.15) is 0 Å². The summed E-state index contributed by atoms with van der Waals surface area (Å²) in [5, 5.41) is 4.39. The monoisotopic (exact) mass is 382 g/mol. The molecule has 4 rings (SSSR count). The van der Waals surface area contributed by atoms with Gasteiger partial charge in [-0.25, -0.2) is 0 Å². The van der Waals surface area contributed by atoms with Gasteiger partial charge >= 0.3 is 0 Å². The van der Waals surface area contributed by atoms with Gasteiger partial charge in [-0.15, -0.1) is 0 Å². The minimum absolute atomic E-state index is 0.0821. The lowest BCUT2D eigenvalue weighted by Crippen LogP contribution is -2.35. The fourth-order valence-corrected chi connectivity index (χ4v) is 5.53. The smallest absolute Gasteiger partial charge is 0.170 e. The zero-order valence-electron chi connectivity index (χ0n) is 16.8. The molecule has 2 fully saturated rings. The van der Waals surface area contributed by atoms with Crippen LogP contribution in [0, 0.1) is 13.8 Å². The summed E-state index contributed by atoms with van der Waals surface area (Å²) in [6.45, 7) is 8.98. The molecular weight excluding hydrogens is 352 g/mol. The van der Waals surface area contributed by atoms with Crippen molar-refractivity contribution >= 4 is 17.3 Å². The largest absolute Gasteiger partial charge is 0.352 e. The molecule has 27 heavy (non-hydrogen) atoms. The molecule has 2 aromatic heterocycles. The second-order valence-corrected chi connectivity index (χ2v) is 8.65. The number of hydrogen-bond donors (Lipinski definition) is 1. The Morgan fingerprint density at radius 3 is 2.56 bits per heavy atom. The molecule has 0 unspecified atom stereocenters. The van der Waals surface area contributed by atoms with E-state index in [4.69, 9.17) is 12.2 Å². The van der Waals surface area contributed by atoms with Gasteiger partial charge < -0.3 is 14.8 Å². The van der Waals surface area contributed by atoms with Crippen LogP contribution in [-0.2, 0) is 0 Å². The minimum atomic E-state index is 0.0821. The average molecular weight is 383 g/mol. The van der Waals surface area contributed by atoms with Gasteiger partial charge in [0.05, 0.1) is 17.8 Å². The van der Waals surface area contributed by atoms with Crippen molar-refractivity contribution in [1.82, 2.24) is 19.8 Å². The quantitative estimate of drug-likeness (QED) is 0.755. The Kier molecular flexibility index (Phi) is 4.97. The Hall–Kier alpha value is -1.88. The highest BCUT2D eigenvalue weighted by Crippen LogP contribution is 2.43. The molecule has 1 saturated carbocycles. The lowest BCUT2D eigenvalue weighted by molar-refractivity contribution is 0.268. The van der Waals surface area contributed by atoms with E-state index in [1.54, 1.807) is 0 Å². The highest BCUT2D eigenvalue weighted by Gasteiger charge is 2.42. The number of nitrogens with zero attached hydrogens (tertiary/aromatic N) is 3. The Morgan fingerprint density at radius 1 is 1.19 bits per heavy atom. The summed E-state index contributed by atoms with van der Waals surface area (Å²) in [6.07, 6.45) is 7.17. The summed E-state index contributed by atoms with van der Waals surface area (Å²) in [7, 11) is 0. The van der Waals surface area contributed by atoms with Gasteiger partial charge in [0.15, 0.2) is 5.11 Å². The van der Waals surface area contributed by atoms with Gasteiger partial charge in [-0.3, -0.25) is 4.98 Å². The molecule has 2 aliphatic rings. The summed E-state index contributed by atoms with van der Waals surface area (Å²) >= 11 is 5.74. The Morgan fingerprint density at radius 2 is 1.93 bits per heavy atom. The molecule has 0 radical (unpaired) electrons. The lowest BCUT2D eigenvalue weighted by Gasteiger charge is -2.31. The van der Waals surface area contributed by atoms with Crippen molar-refractivity contribution in [3.8, 4) is 0 Å². The van der Waals surface area contributed by atoms with E-state index in [1.807, 2.05) is 12.3 Å². The number of pyridine rings is 1. The zero-order valence-corrected chi connectivity index (χ0v) is 17.6. The fourth-order valence-electron chi connectivity index (χ4n) is 5.08. The molecule has 1 saturated heterocycles. The van der Waals surface area contributed by atoms with E-state index in [-0.39, 0.29) is 12.1 Å². The van der Waals surface area contributed by atoms with Crippen LogP contribution in [0.3, 0.4) is 0 Å². The molecule has 3 heterocycles. The van der Waals surface area contributed by atoms with Crippen LogP contribution in [0.2, 0.25) is 0 Å². The van der Waals surface area contributed by atoms with Gasteiger partial charge in [-0.05, 0) is 76.5 Å². The zero-order chi connectivity index (χ0) is 19.1. The first-order chi connectivity index (χ1) is 13.0. The van der Waals surface area contributed by atoms with E-state index >= 15 is 0 Å². The van der Waals surface area contributed by atoms with E-state index < -0.39 is 0 Å². The van der Waals surface area contributed by atoms with Crippen molar-refractivity contribution in [2.75, 3.05) is 0 Å². The van der Waals surface area contributed by atoms with Crippen LogP contribution >= 0.6 is 12.2 Å². The van der Waals surface area contributed by atoms with Crippen LogP contribution in [0.15, 0.2) is 30.5 Å². The summed E-state index contributed by atoms with van der Waals surface area (Å²) in [6, 6.07) is 9.76. The normalized spacial score (nSPS) is 23.4. The molecule has 1 N–H and O–H groups in total. The van der Waals surface area contributed by atoms with E-state index in [2.05, 4.69) is 65.7 Å². The van der Waals surface area contributed by atoms with Crippen LogP contribution in [0.25, 0.3) is 0 Å². The van der Waals surface area contributed by atoms with Gasteiger partial charge in [-0.1, -0.05) is 18.9 Å². The summed E-state index contributed by atoms with van der Waals surface area (Å²) < 4.78 is 2.58. The van der Waals surface area contributed by atoms with Crippen molar-refractivity contribution in [2.24, 2.45) is 0 Å². The molecular formula is C22H30N4S. The molecule has 0 amide bonds. The second kappa shape index (κ2) is 7.27. The van der Waals surface area contributed by atoms with E-state index in [1.165, 1.54) is 42.6 Å². The lowest BCUT2D eigenvalue weighted by atomic mass is 9.96. The third kappa shape index (κ3) is 3.16. The van der Waals surface area contributed by atoms with Crippen LogP contribution in [0.5, 0.6) is 0 Å². The molecule has 144 valence electrons. The first-order valence-corrected chi connectivity index (χ1v) is 10.6. The van der Waals surface area contributed by atoms with Gasteiger partial charge in [-0.2, -0.15) is 0 Å². The number of thiocarbonyl (C=S) groups is 1. The highest BCUT2D eigenvalue weighted by atomic mass is 32.1. The van der Waals surface area contributed by atoms with E-state index in [0.29, 0.717) is 12.1 Å². The van der Waals surface area contributed by atoms with Crippen molar-refractivity contribution in [2.45, 2.75) is 77.5 Å². The number of nitrogens with one attached hydrogen (secondary N) is 1. The Labute approximate surface area is 168 Å². The first-order valence-electron chi connectivity index (χ1n) is 10.2. The van der Waals surface area contributed by atoms with Gasteiger partial charge in [0, 0.05) is 29.7 Å². The molecule has 2 aromatic rings. The standard InChI is InChI=1S/C22H30N4S/c1-14(2)25-21(20(24-22(25)27)19-11-7-8-12-23-19)18-13-15(3)26(16(18)4)17-9-5-6-10-17/h7-8,11-14,17,20-21H,5-6,9-10H2,1-4H3,(H,24,27)/t20-,21-/m1/s1. The van der Waals surface area contributed by atoms with Gasteiger partial charge in [0.25, 0.3) is 0 Å². The molecule has 5 heteroatoms. The summed E-state index contributed by atoms with van der Waals surface area (Å²) in [5.41, 5.74) is 5.20. The van der Waals surface area contributed by atoms with Gasteiger partial charge in [0.2, 0.25) is 0 Å². The molecule has 0 spiro atoms. The number of aromatic nitrogens is 2. The molecule has 4 nitrogen and oxygen atoms in total. The van der Waals surface area contributed by atoms with Crippen molar-refractivity contribution in [3.05, 3.63) is 53.1 Å². The first kappa shape index (κ1) is 18.5. The van der Waals surface area contributed by atoms with Crippen LogP contribution < -0.4 is 5.32 Å². The third-order valence-electron chi connectivity index (χ3n) is 6.22. The molecule has 1 aliphatic heterocycles. The minimum Gasteiger partial charge on any atom is -0.352 e. The third-order valence-corrected chi connectivity index (χ3v) is 6.55. The topological polar surface area (TPSA) is 33.1 Å². The Bertz CT molecular complexity index is 820. The number of hydrogen-bond acceptors (Lipinski definition) is 2. The van der Waals surface area contributed by atoms with Crippen molar-refractivity contribution in [1.29, 1.82) is 0 Å². The van der Waals surface area contributed by atoms with Crippen LogP contribution in [0.1, 0.15) is 80.3 Å². The summed E-state index contributed by atoms with van der Waals surface area (Å²) in [5.74, 6) is 0. The SMILES string of the molecule is Cc1cc([C@@H]2[C@@H](c3ccccn3)NC(=S)N2C(C)C)c(C)n1C1CCCC1. The molecule has 1 aliphatic carbocycles. The predicted octanol–water partition coefficient (Wildman–Crippen LogP) is 5.00. The number of aryl methyl sites for hydroxylation is 1. The summed E-state index contributed by atoms with van der Waals surface area (Å²) in [4.78, 5) is 7.00. The maximum Gasteiger partial charge on any atom is 0.170 e. The van der Waals surface area contributed by atoms with Crippen molar-refractivity contribution in [3.63, 3.8) is 0 Å². The maximum atomic E-state index is 5.74. The van der Waals surface area contributed by atoms with Crippen molar-refractivity contribution < 1.29 is 0 Å². The fraction of sp³-hybridized carbons (Fsp3) is 0.545. The van der Waals surface area contributed by atoms with E-state index in [0.717, 1.165) is 10.8 Å². The van der Waals surface area contributed by atoms with Crippen LogP contribution in [0.4, 0.5) is 0 Å². The molecule has 0 aromatic carbocycles.